The molecule has 5 aromatic carbocycles. The zero-order chi connectivity index (χ0) is 25.2. The summed E-state index contributed by atoms with van der Waals surface area (Å²) >= 11 is 0. The molecule has 0 radical (unpaired) electrons. The van der Waals surface area contributed by atoms with Gasteiger partial charge in [0.25, 0.3) is 0 Å². The Labute approximate surface area is 166 Å². The number of hydrogen-bond acceptors (Lipinski definition) is 0. The van der Waals surface area contributed by atoms with Gasteiger partial charge in [-0.05, 0) is 49.8 Å². The van der Waals surface area contributed by atoms with E-state index < -0.39 is 36.3 Å². The van der Waals surface area contributed by atoms with Crippen LogP contribution in [0.3, 0.4) is 0 Å². The highest BCUT2D eigenvalue weighted by atomic mass is 14.1. The molecule has 0 aromatic heterocycles. The Bertz CT molecular complexity index is 1580. The minimum atomic E-state index is -0.499. The minimum Gasteiger partial charge on any atom is -0.0622 e. The zero-order valence-corrected chi connectivity index (χ0v) is 13.7. The van der Waals surface area contributed by atoms with Crippen LogP contribution in [0.5, 0.6) is 0 Å². The molecule has 0 aliphatic carbocycles. The molecule has 0 N–H and O–H groups in total. The second-order valence-electron chi connectivity index (χ2n) is 5.94. The van der Waals surface area contributed by atoms with Crippen molar-refractivity contribution in [1.82, 2.24) is 0 Å². The predicted molar refractivity (Wildman–Crippen MR) is 112 cm³/mol. The van der Waals surface area contributed by atoms with Crippen LogP contribution in [0, 0.1) is 0 Å². The SMILES string of the molecule is [2H]c1c([2H])c([2H])c2c(-c3ccc(-c4ccccc4)cc3)c3c([2H])c([2H])c([2H])c([2H])c3c([2H])c2c1[2H]. The fourth-order valence-corrected chi connectivity index (χ4v) is 3.19. The van der Waals surface area contributed by atoms with E-state index in [-0.39, 0.29) is 45.2 Å². The Hall–Kier alpha value is -3.38. The molecule has 0 heterocycles. The van der Waals surface area contributed by atoms with E-state index >= 15 is 0 Å². The summed E-state index contributed by atoms with van der Waals surface area (Å²) in [6.45, 7) is 0. The Morgan fingerprint density at radius 2 is 1.00 bits per heavy atom. The van der Waals surface area contributed by atoms with Gasteiger partial charge in [-0.25, -0.2) is 0 Å². The predicted octanol–water partition coefficient (Wildman–Crippen LogP) is 7.33. The van der Waals surface area contributed by atoms with Gasteiger partial charge < -0.3 is 0 Å². The van der Waals surface area contributed by atoms with Gasteiger partial charge in [-0.15, -0.1) is 0 Å². The van der Waals surface area contributed by atoms with Crippen molar-refractivity contribution in [3.8, 4) is 22.3 Å². The maximum atomic E-state index is 8.75. The lowest BCUT2D eigenvalue weighted by molar-refractivity contribution is 1.61. The quantitative estimate of drug-likeness (QED) is 0.295. The van der Waals surface area contributed by atoms with E-state index in [2.05, 4.69) is 0 Å². The van der Waals surface area contributed by atoms with Crippen molar-refractivity contribution in [2.75, 3.05) is 0 Å². The van der Waals surface area contributed by atoms with Gasteiger partial charge in [0.05, 0.1) is 12.3 Å². The summed E-state index contributed by atoms with van der Waals surface area (Å²) in [7, 11) is 0. The highest BCUT2D eigenvalue weighted by molar-refractivity contribution is 6.12. The van der Waals surface area contributed by atoms with Gasteiger partial charge in [-0.3, -0.25) is 0 Å². The van der Waals surface area contributed by atoms with E-state index in [1.807, 2.05) is 42.5 Å². The second-order valence-corrected chi connectivity index (χ2v) is 5.94. The van der Waals surface area contributed by atoms with Crippen molar-refractivity contribution < 1.29 is 12.3 Å². The molecule has 0 nitrogen and oxygen atoms in total. The van der Waals surface area contributed by atoms with Crippen LogP contribution >= 0.6 is 0 Å². The van der Waals surface area contributed by atoms with E-state index in [0.29, 0.717) is 5.56 Å². The maximum absolute atomic E-state index is 8.75. The molecule has 0 heteroatoms. The summed E-state index contributed by atoms with van der Waals surface area (Å²) in [5, 5.41) is -0.0247. The van der Waals surface area contributed by atoms with Gasteiger partial charge in [0.2, 0.25) is 0 Å². The highest BCUT2D eigenvalue weighted by Crippen LogP contribution is 2.37. The van der Waals surface area contributed by atoms with Crippen LogP contribution in [0.25, 0.3) is 43.8 Å². The van der Waals surface area contributed by atoms with Crippen molar-refractivity contribution in [2.45, 2.75) is 0 Å². The summed E-state index contributed by atoms with van der Waals surface area (Å²) < 4.78 is 75.6. The highest BCUT2D eigenvalue weighted by Gasteiger charge is 2.09. The van der Waals surface area contributed by atoms with Crippen LogP contribution in [-0.2, 0) is 0 Å². The van der Waals surface area contributed by atoms with Crippen LogP contribution in [-0.4, -0.2) is 0 Å². The molecule has 0 fully saturated rings. The first-order valence-corrected chi connectivity index (χ1v) is 8.23. The average Bonchev–Trinajstić information content (AvgIpc) is 2.88. The molecule has 0 spiro atoms. The second kappa shape index (κ2) is 6.16. The van der Waals surface area contributed by atoms with E-state index in [1.54, 1.807) is 12.1 Å². The van der Waals surface area contributed by atoms with Gasteiger partial charge in [-0.1, -0.05) is 103 Å². The van der Waals surface area contributed by atoms with Gasteiger partial charge in [0, 0.05) is 0 Å². The Morgan fingerprint density at radius 3 is 1.62 bits per heavy atom. The molecule has 0 bridgehead atoms. The number of hydrogen-bond donors (Lipinski definition) is 0. The zero-order valence-electron chi connectivity index (χ0n) is 22.7. The van der Waals surface area contributed by atoms with Gasteiger partial charge in [0.1, 0.15) is 0 Å². The smallest absolute Gasteiger partial charge is 0.0622 e. The monoisotopic (exact) mass is 339 g/mol. The van der Waals surface area contributed by atoms with E-state index in [0.717, 1.165) is 11.1 Å². The lowest BCUT2D eigenvalue weighted by Gasteiger charge is -2.12. The summed E-state index contributed by atoms with van der Waals surface area (Å²) in [6, 6.07) is 13.1. The normalized spacial score (nSPS) is 15.9. The molecule has 26 heavy (non-hydrogen) atoms. The van der Waals surface area contributed by atoms with Crippen molar-refractivity contribution >= 4 is 21.5 Å². The summed E-state index contributed by atoms with van der Waals surface area (Å²) in [5.74, 6) is 0. The largest absolute Gasteiger partial charge is 0.0636 e. The summed E-state index contributed by atoms with van der Waals surface area (Å²) in [5.41, 5.74) is 2.68. The number of fused-ring (bicyclic) bond motifs is 2. The van der Waals surface area contributed by atoms with E-state index in [1.165, 1.54) is 0 Å². The lowest BCUT2D eigenvalue weighted by atomic mass is 9.91. The molecule has 0 amide bonds. The molecular formula is C26H18. The molecule has 5 aromatic rings. The van der Waals surface area contributed by atoms with E-state index in [9.17, 15) is 0 Å². The van der Waals surface area contributed by atoms with Crippen molar-refractivity contribution in [2.24, 2.45) is 0 Å². The van der Waals surface area contributed by atoms with Gasteiger partial charge >= 0.3 is 0 Å². The fourth-order valence-electron chi connectivity index (χ4n) is 3.19. The van der Waals surface area contributed by atoms with Crippen LogP contribution in [0.4, 0.5) is 0 Å². The topological polar surface area (TPSA) is 0 Å². The Balaban J connectivity index is 2.00. The number of benzene rings is 5. The summed E-state index contributed by atoms with van der Waals surface area (Å²) in [6.07, 6.45) is 0. The standard InChI is InChI=1S/C26H18/c1-2-8-19(9-3-1)20-14-16-21(17-15-20)26-24-12-6-4-10-22(24)18-23-11-5-7-13-25(23)26/h1-18H/i4D,5D,6D,7D,10D,11D,12D,13D,18D. The van der Waals surface area contributed by atoms with Crippen LogP contribution in [0.2, 0.25) is 0 Å². The first-order valence-electron chi connectivity index (χ1n) is 12.7. The van der Waals surface area contributed by atoms with Crippen molar-refractivity contribution in [3.05, 3.63) is 109 Å². The molecule has 0 saturated carbocycles. The molecule has 0 atom stereocenters. The third-order valence-electron chi connectivity index (χ3n) is 4.41. The molecular weight excluding hydrogens is 312 g/mol. The van der Waals surface area contributed by atoms with Gasteiger partial charge in [0.15, 0.2) is 0 Å². The first kappa shape index (κ1) is 8.33. The molecule has 5 rings (SSSR count). The fraction of sp³-hybridized carbons (Fsp3) is 0. The third-order valence-corrected chi connectivity index (χ3v) is 4.41. The Morgan fingerprint density at radius 1 is 0.500 bits per heavy atom. The molecule has 0 aliphatic heterocycles. The maximum Gasteiger partial charge on any atom is 0.0636 e. The van der Waals surface area contributed by atoms with Gasteiger partial charge in [-0.2, -0.15) is 0 Å². The van der Waals surface area contributed by atoms with Crippen LogP contribution < -0.4 is 0 Å². The number of rotatable bonds is 2. The van der Waals surface area contributed by atoms with E-state index in [4.69, 9.17) is 12.3 Å². The van der Waals surface area contributed by atoms with Crippen molar-refractivity contribution in [1.29, 1.82) is 0 Å². The summed E-state index contributed by atoms with van der Waals surface area (Å²) in [4.78, 5) is 0. The molecule has 0 saturated heterocycles. The van der Waals surface area contributed by atoms with Crippen LogP contribution in [0.15, 0.2) is 109 Å². The minimum absolute atomic E-state index is 0.0611. The molecule has 0 unspecified atom stereocenters. The third kappa shape index (κ3) is 2.48. The lowest BCUT2D eigenvalue weighted by Crippen LogP contribution is -1.86. The molecule has 122 valence electrons. The van der Waals surface area contributed by atoms with Crippen molar-refractivity contribution in [3.63, 3.8) is 0 Å². The Kier molecular flexibility index (Phi) is 1.98. The molecule has 0 aliphatic rings. The van der Waals surface area contributed by atoms with Crippen LogP contribution in [0.1, 0.15) is 12.3 Å². The first-order chi connectivity index (χ1) is 16.6. The average molecular weight is 339 g/mol.